The van der Waals surface area contributed by atoms with E-state index in [-0.39, 0.29) is 5.88 Å². The fraction of sp³-hybridized carbons (Fsp3) is 0.200. The molecule has 0 saturated carbocycles. The van der Waals surface area contributed by atoms with E-state index in [0.29, 0.717) is 0 Å². The maximum Gasteiger partial charge on any atom is 0.307 e. The molecule has 11 heavy (non-hydrogen) atoms. The molecular formula is C5H6N2O3S. The Labute approximate surface area is 64.2 Å². The van der Waals surface area contributed by atoms with Gasteiger partial charge in [0.1, 0.15) is 0 Å². The summed E-state index contributed by atoms with van der Waals surface area (Å²) in [6, 6.07) is 2.95. The van der Waals surface area contributed by atoms with Crippen LogP contribution < -0.4 is 4.18 Å². The first-order chi connectivity index (χ1) is 5.08. The van der Waals surface area contributed by atoms with Gasteiger partial charge in [-0.15, -0.1) is 5.10 Å². The van der Waals surface area contributed by atoms with Crippen molar-refractivity contribution >= 4 is 10.1 Å². The Bertz CT molecular complexity index is 321. The van der Waals surface area contributed by atoms with E-state index in [2.05, 4.69) is 14.4 Å². The number of aromatic nitrogens is 2. The van der Waals surface area contributed by atoms with Gasteiger partial charge < -0.3 is 4.18 Å². The summed E-state index contributed by atoms with van der Waals surface area (Å²) in [7, 11) is -3.48. The fourth-order valence-corrected chi connectivity index (χ4v) is 0.886. The molecule has 1 aromatic heterocycles. The molecule has 0 fully saturated rings. The third kappa shape index (κ3) is 2.94. The van der Waals surface area contributed by atoms with Crippen molar-refractivity contribution in [2.75, 3.05) is 6.26 Å². The van der Waals surface area contributed by atoms with Crippen LogP contribution in [0.15, 0.2) is 18.3 Å². The molecule has 0 spiro atoms. The molecule has 0 bridgehead atoms. The van der Waals surface area contributed by atoms with Crippen molar-refractivity contribution in [1.82, 2.24) is 10.2 Å². The van der Waals surface area contributed by atoms with Gasteiger partial charge in [0.05, 0.1) is 6.26 Å². The van der Waals surface area contributed by atoms with Gasteiger partial charge in [0.25, 0.3) is 5.88 Å². The van der Waals surface area contributed by atoms with Gasteiger partial charge in [-0.25, -0.2) is 0 Å². The van der Waals surface area contributed by atoms with Crippen LogP contribution >= 0.6 is 0 Å². The average molecular weight is 174 g/mol. The van der Waals surface area contributed by atoms with E-state index in [1.165, 1.54) is 18.3 Å². The largest absolute Gasteiger partial charge is 0.360 e. The first-order valence-corrected chi connectivity index (χ1v) is 4.57. The molecule has 0 aromatic carbocycles. The van der Waals surface area contributed by atoms with Gasteiger partial charge >= 0.3 is 10.1 Å². The van der Waals surface area contributed by atoms with Gasteiger partial charge in [-0.3, -0.25) is 0 Å². The minimum absolute atomic E-state index is 0.0185. The third-order valence-corrected chi connectivity index (χ3v) is 1.26. The lowest BCUT2D eigenvalue weighted by molar-refractivity contribution is 0.478. The van der Waals surface area contributed by atoms with E-state index in [0.717, 1.165) is 6.26 Å². The molecule has 0 amide bonds. The van der Waals surface area contributed by atoms with Crippen molar-refractivity contribution < 1.29 is 12.6 Å². The van der Waals surface area contributed by atoms with Gasteiger partial charge in [0.2, 0.25) is 0 Å². The zero-order valence-electron chi connectivity index (χ0n) is 5.76. The summed E-state index contributed by atoms with van der Waals surface area (Å²) in [6.45, 7) is 0. The molecule has 0 unspecified atom stereocenters. The summed E-state index contributed by atoms with van der Waals surface area (Å²) in [4.78, 5) is 0. The molecule has 0 atom stereocenters. The first kappa shape index (κ1) is 7.93. The van der Waals surface area contributed by atoms with E-state index in [1.54, 1.807) is 0 Å². The zero-order valence-corrected chi connectivity index (χ0v) is 6.58. The summed E-state index contributed by atoms with van der Waals surface area (Å²) < 4.78 is 25.4. The van der Waals surface area contributed by atoms with E-state index < -0.39 is 10.1 Å². The number of hydrogen-bond acceptors (Lipinski definition) is 5. The summed E-state index contributed by atoms with van der Waals surface area (Å²) in [5.74, 6) is -0.0185. The Morgan fingerprint density at radius 3 is 2.73 bits per heavy atom. The van der Waals surface area contributed by atoms with Gasteiger partial charge in [0.15, 0.2) is 0 Å². The quantitative estimate of drug-likeness (QED) is 0.581. The van der Waals surface area contributed by atoms with Crippen LogP contribution in [0.4, 0.5) is 0 Å². The summed E-state index contributed by atoms with van der Waals surface area (Å²) in [5.41, 5.74) is 0. The summed E-state index contributed by atoms with van der Waals surface area (Å²) in [6.07, 6.45) is 2.37. The van der Waals surface area contributed by atoms with E-state index in [9.17, 15) is 8.42 Å². The lowest BCUT2D eigenvalue weighted by atomic mass is 10.6. The fourth-order valence-electron chi connectivity index (χ4n) is 0.487. The second-order valence-electron chi connectivity index (χ2n) is 1.85. The third-order valence-electron chi connectivity index (χ3n) is 0.785. The van der Waals surface area contributed by atoms with Crippen LogP contribution in [0.5, 0.6) is 5.88 Å². The van der Waals surface area contributed by atoms with Crippen molar-refractivity contribution in [2.24, 2.45) is 0 Å². The lowest BCUT2D eigenvalue weighted by Crippen LogP contribution is -2.06. The van der Waals surface area contributed by atoms with Crippen molar-refractivity contribution in [3.05, 3.63) is 18.3 Å². The van der Waals surface area contributed by atoms with Crippen LogP contribution in [-0.4, -0.2) is 24.9 Å². The Hall–Kier alpha value is -1.17. The van der Waals surface area contributed by atoms with Gasteiger partial charge in [-0.1, -0.05) is 0 Å². The average Bonchev–Trinajstić information content (AvgIpc) is 1.85. The molecule has 0 N–H and O–H groups in total. The number of nitrogens with zero attached hydrogens (tertiary/aromatic N) is 2. The predicted octanol–water partition coefficient (Wildman–Crippen LogP) is -0.185. The van der Waals surface area contributed by atoms with Crippen LogP contribution in [0.25, 0.3) is 0 Å². The maximum absolute atomic E-state index is 10.5. The number of rotatable bonds is 2. The van der Waals surface area contributed by atoms with Crippen molar-refractivity contribution in [1.29, 1.82) is 0 Å². The van der Waals surface area contributed by atoms with Crippen LogP contribution in [-0.2, 0) is 10.1 Å². The van der Waals surface area contributed by atoms with E-state index >= 15 is 0 Å². The Morgan fingerprint density at radius 1 is 1.55 bits per heavy atom. The summed E-state index contributed by atoms with van der Waals surface area (Å²) in [5, 5.41) is 6.84. The summed E-state index contributed by atoms with van der Waals surface area (Å²) >= 11 is 0. The molecule has 0 aliphatic carbocycles. The smallest absolute Gasteiger partial charge is 0.307 e. The molecule has 1 rings (SSSR count). The molecule has 6 heteroatoms. The van der Waals surface area contributed by atoms with Gasteiger partial charge in [-0.2, -0.15) is 13.5 Å². The van der Waals surface area contributed by atoms with E-state index in [4.69, 9.17) is 0 Å². The molecular weight excluding hydrogens is 168 g/mol. The molecule has 0 aliphatic heterocycles. The van der Waals surface area contributed by atoms with Gasteiger partial charge in [0, 0.05) is 12.3 Å². The maximum atomic E-state index is 10.5. The van der Waals surface area contributed by atoms with Crippen LogP contribution in [0, 0.1) is 0 Å². The lowest BCUT2D eigenvalue weighted by Gasteiger charge is -1.97. The topological polar surface area (TPSA) is 69.2 Å². The minimum Gasteiger partial charge on any atom is -0.360 e. The SMILES string of the molecule is CS(=O)(=O)Oc1cccnn1. The van der Waals surface area contributed by atoms with Crippen molar-refractivity contribution in [2.45, 2.75) is 0 Å². The highest BCUT2D eigenvalue weighted by Gasteiger charge is 2.03. The van der Waals surface area contributed by atoms with Crippen LogP contribution in [0.1, 0.15) is 0 Å². The molecule has 0 radical (unpaired) electrons. The standard InChI is InChI=1S/C5H6N2O3S/c1-11(8,9)10-5-3-2-4-6-7-5/h2-4H,1H3. The second kappa shape index (κ2) is 2.83. The molecule has 60 valence electrons. The minimum atomic E-state index is -3.48. The Balaban J connectivity index is 2.82. The first-order valence-electron chi connectivity index (χ1n) is 2.75. The molecule has 5 nitrogen and oxygen atoms in total. The molecule has 1 aromatic rings. The molecule has 0 aliphatic rings. The highest BCUT2D eigenvalue weighted by atomic mass is 32.2. The number of hydrogen-bond donors (Lipinski definition) is 0. The Morgan fingerprint density at radius 2 is 2.27 bits per heavy atom. The van der Waals surface area contributed by atoms with Crippen LogP contribution in [0.2, 0.25) is 0 Å². The Kier molecular flexibility index (Phi) is 2.04. The van der Waals surface area contributed by atoms with Crippen molar-refractivity contribution in [3.63, 3.8) is 0 Å². The normalized spacial score (nSPS) is 11.0. The van der Waals surface area contributed by atoms with E-state index in [1.807, 2.05) is 0 Å². The highest BCUT2D eigenvalue weighted by molar-refractivity contribution is 7.86. The van der Waals surface area contributed by atoms with Crippen molar-refractivity contribution in [3.8, 4) is 5.88 Å². The molecule has 0 saturated heterocycles. The second-order valence-corrected chi connectivity index (χ2v) is 3.42. The van der Waals surface area contributed by atoms with Gasteiger partial charge in [-0.05, 0) is 6.07 Å². The zero-order chi connectivity index (χ0) is 8.32. The highest BCUT2D eigenvalue weighted by Crippen LogP contribution is 2.03. The molecule has 1 heterocycles. The predicted molar refractivity (Wildman–Crippen MR) is 37.5 cm³/mol. The van der Waals surface area contributed by atoms with Crippen LogP contribution in [0.3, 0.4) is 0 Å². The monoisotopic (exact) mass is 174 g/mol.